The molecular weight excluding hydrogens is 290 g/mol. The first kappa shape index (κ1) is 13.7. The summed E-state index contributed by atoms with van der Waals surface area (Å²) < 4.78 is 0. The van der Waals surface area contributed by atoms with Gasteiger partial charge in [-0.15, -0.1) is 0 Å². The number of halogens is 1. The molecule has 0 unspecified atom stereocenters. The average Bonchev–Trinajstić information content (AvgIpc) is 3.18. The number of hydrogen-bond acceptors (Lipinski definition) is 3. The van der Waals surface area contributed by atoms with Crippen LogP contribution in [-0.4, -0.2) is 22.2 Å². The molecule has 0 saturated heterocycles. The molecule has 0 aliphatic heterocycles. The average molecular weight is 304 g/mol. The molecule has 21 heavy (non-hydrogen) atoms. The van der Waals surface area contributed by atoms with Crippen molar-refractivity contribution in [3.8, 4) is 0 Å². The van der Waals surface area contributed by atoms with Gasteiger partial charge >= 0.3 is 6.09 Å². The summed E-state index contributed by atoms with van der Waals surface area (Å²) in [6.45, 7) is 0. The summed E-state index contributed by atoms with van der Waals surface area (Å²) in [5.74, 6) is 0.957. The molecule has 1 heterocycles. The molecule has 1 aromatic carbocycles. The predicted octanol–water partition coefficient (Wildman–Crippen LogP) is 3.60. The fourth-order valence-corrected chi connectivity index (χ4v) is 2.48. The third kappa shape index (κ3) is 3.44. The Hall–Kier alpha value is -2.27. The van der Waals surface area contributed by atoms with Crippen molar-refractivity contribution in [3.63, 3.8) is 0 Å². The third-order valence-electron chi connectivity index (χ3n) is 3.41. The molecule has 1 aliphatic rings. The first-order chi connectivity index (χ1) is 10.1. The van der Waals surface area contributed by atoms with E-state index in [0.717, 1.165) is 23.5 Å². The molecule has 1 amide bonds. The molecule has 1 aromatic heterocycles. The molecule has 0 radical (unpaired) electrons. The zero-order valence-electron chi connectivity index (χ0n) is 11.1. The highest BCUT2D eigenvalue weighted by Crippen LogP contribution is 2.40. The van der Waals surface area contributed by atoms with Gasteiger partial charge in [-0.05, 0) is 36.2 Å². The summed E-state index contributed by atoms with van der Waals surface area (Å²) in [6, 6.07) is 11.3. The Labute approximate surface area is 127 Å². The van der Waals surface area contributed by atoms with Crippen molar-refractivity contribution in [2.45, 2.75) is 18.4 Å². The minimum absolute atomic E-state index is 0.0102. The van der Waals surface area contributed by atoms with Crippen molar-refractivity contribution in [1.29, 1.82) is 0 Å². The Morgan fingerprint density at radius 1 is 1.33 bits per heavy atom. The van der Waals surface area contributed by atoms with Crippen molar-refractivity contribution >= 4 is 29.2 Å². The van der Waals surface area contributed by atoms with E-state index in [1.165, 1.54) is 0 Å². The van der Waals surface area contributed by atoms with Crippen LogP contribution in [0.2, 0.25) is 5.02 Å². The van der Waals surface area contributed by atoms with Gasteiger partial charge < -0.3 is 15.7 Å². The second-order valence-corrected chi connectivity index (χ2v) is 5.45. The van der Waals surface area contributed by atoms with Crippen molar-refractivity contribution in [3.05, 3.63) is 53.2 Å². The first-order valence-corrected chi connectivity index (χ1v) is 6.97. The van der Waals surface area contributed by atoms with E-state index in [-0.39, 0.29) is 12.0 Å². The summed E-state index contributed by atoms with van der Waals surface area (Å²) in [6.07, 6.45) is 1.63. The van der Waals surface area contributed by atoms with Gasteiger partial charge in [0.25, 0.3) is 0 Å². The lowest BCUT2D eigenvalue weighted by molar-refractivity contribution is 0.193. The number of hydrogen-bond donors (Lipinski definition) is 3. The van der Waals surface area contributed by atoms with E-state index in [4.69, 9.17) is 16.7 Å². The van der Waals surface area contributed by atoms with Gasteiger partial charge in [-0.2, -0.15) is 0 Å². The molecule has 2 atom stereocenters. The highest BCUT2D eigenvalue weighted by Gasteiger charge is 2.39. The molecule has 1 fully saturated rings. The molecule has 1 aliphatic carbocycles. The Morgan fingerprint density at radius 2 is 2.19 bits per heavy atom. The minimum Gasteiger partial charge on any atom is -0.465 e. The first-order valence-electron chi connectivity index (χ1n) is 6.60. The highest BCUT2D eigenvalue weighted by molar-refractivity contribution is 6.30. The lowest BCUT2D eigenvalue weighted by Gasteiger charge is -2.07. The van der Waals surface area contributed by atoms with Crippen molar-refractivity contribution < 1.29 is 9.90 Å². The molecule has 3 N–H and O–H groups in total. The van der Waals surface area contributed by atoms with E-state index in [9.17, 15) is 4.79 Å². The molecule has 5 nitrogen and oxygen atoms in total. The van der Waals surface area contributed by atoms with Crippen LogP contribution in [0.25, 0.3) is 0 Å². The van der Waals surface area contributed by atoms with Gasteiger partial charge in [-0.3, -0.25) is 0 Å². The summed E-state index contributed by atoms with van der Waals surface area (Å²) in [7, 11) is 0. The van der Waals surface area contributed by atoms with Crippen LogP contribution >= 0.6 is 11.6 Å². The maximum Gasteiger partial charge on any atom is 0.404 e. The number of benzene rings is 1. The van der Waals surface area contributed by atoms with Gasteiger partial charge in [0.2, 0.25) is 0 Å². The van der Waals surface area contributed by atoms with Gasteiger partial charge in [0, 0.05) is 28.9 Å². The predicted molar refractivity (Wildman–Crippen MR) is 81.3 cm³/mol. The van der Waals surface area contributed by atoms with Gasteiger partial charge in [0.15, 0.2) is 0 Å². The summed E-state index contributed by atoms with van der Waals surface area (Å²) in [5, 5.41) is 15.0. The van der Waals surface area contributed by atoms with Crippen molar-refractivity contribution in [2.24, 2.45) is 0 Å². The van der Waals surface area contributed by atoms with E-state index in [1.807, 2.05) is 36.4 Å². The lowest BCUT2D eigenvalue weighted by atomic mass is 10.2. The highest BCUT2D eigenvalue weighted by atomic mass is 35.5. The van der Waals surface area contributed by atoms with E-state index in [2.05, 4.69) is 15.6 Å². The molecule has 6 heteroatoms. The monoisotopic (exact) mass is 303 g/mol. The molecule has 0 bridgehead atoms. The Balaban J connectivity index is 1.64. The molecule has 0 spiro atoms. The Bertz CT molecular complexity index is 660. The second kappa shape index (κ2) is 5.61. The zero-order valence-corrected chi connectivity index (χ0v) is 11.8. The quantitative estimate of drug-likeness (QED) is 0.806. The molecule has 3 rings (SSSR count). The number of nitrogens with zero attached hydrogens (tertiary/aromatic N) is 1. The number of carbonyl (C=O) groups is 1. The van der Waals surface area contributed by atoms with Crippen LogP contribution < -0.4 is 10.6 Å². The number of carboxylic acid groups (broad SMARTS) is 1. The number of amides is 1. The number of aromatic nitrogens is 1. The van der Waals surface area contributed by atoms with E-state index in [0.29, 0.717) is 5.02 Å². The number of anilines is 2. The molecule has 1 saturated carbocycles. The Kier molecular flexibility index (Phi) is 3.66. The molecule has 2 aromatic rings. The Morgan fingerprint density at radius 3 is 2.86 bits per heavy atom. The number of nitrogens with one attached hydrogen (secondary N) is 2. The molecular formula is C15H14ClN3O2. The second-order valence-electron chi connectivity index (χ2n) is 5.01. The van der Waals surface area contributed by atoms with E-state index in [1.54, 1.807) is 6.20 Å². The van der Waals surface area contributed by atoms with Crippen LogP contribution in [0.1, 0.15) is 17.9 Å². The van der Waals surface area contributed by atoms with Crippen molar-refractivity contribution in [1.82, 2.24) is 10.3 Å². The largest absolute Gasteiger partial charge is 0.465 e. The fourth-order valence-electron chi connectivity index (χ4n) is 2.29. The van der Waals surface area contributed by atoms with Gasteiger partial charge in [-0.25, -0.2) is 9.78 Å². The van der Waals surface area contributed by atoms with Crippen LogP contribution in [0, 0.1) is 0 Å². The zero-order chi connectivity index (χ0) is 14.8. The van der Waals surface area contributed by atoms with Crippen LogP contribution in [-0.2, 0) is 0 Å². The third-order valence-corrected chi connectivity index (χ3v) is 3.65. The fraction of sp³-hybridized carbons (Fsp3) is 0.200. The number of pyridine rings is 1. The summed E-state index contributed by atoms with van der Waals surface area (Å²) >= 11 is 5.93. The van der Waals surface area contributed by atoms with Crippen LogP contribution in [0.4, 0.5) is 16.3 Å². The standard InChI is InChI=1S/C15H14ClN3O2/c16-10-2-1-3-11(6-10)18-14-5-4-9(8-17-14)12-7-13(12)19-15(20)21/h1-6,8,12-13,19H,7H2,(H,17,18)(H,20,21)/t12-,13+/m0/s1. The minimum atomic E-state index is -0.977. The van der Waals surface area contributed by atoms with Gasteiger partial charge in [0.1, 0.15) is 5.82 Å². The topological polar surface area (TPSA) is 74.2 Å². The lowest BCUT2D eigenvalue weighted by Crippen LogP contribution is -2.24. The van der Waals surface area contributed by atoms with Crippen LogP contribution in [0.3, 0.4) is 0 Å². The smallest absolute Gasteiger partial charge is 0.404 e. The van der Waals surface area contributed by atoms with Crippen LogP contribution in [0.15, 0.2) is 42.6 Å². The van der Waals surface area contributed by atoms with E-state index >= 15 is 0 Å². The summed E-state index contributed by atoms with van der Waals surface area (Å²) in [5.41, 5.74) is 1.92. The molecule has 108 valence electrons. The normalized spacial score (nSPS) is 19.9. The summed E-state index contributed by atoms with van der Waals surface area (Å²) in [4.78, 5) is 14.9. The van der Waals surface area contributed by atoms with Crippen LogP contribution in [0.5, 0.6) is 0 Å². The van der Waals surface area contributed by atoms with Gasteiger partial charge in [-0.1, -0.05) is 23.7 Å². The van der Waals surface area contributed by atoms with Gasteiger partial charge in [0.05, 0.1) is 0 Å². The maximum absolute atomic E-state index is 10.6. The SMILES string of the molecule is O=C(O)N[C@@H]1C[C@H]1c1ccc(Nc2cccc(Cl)c2)nc1. The maximum atomic E-state index is 10.6. The van der Waals surface area contributed by atoms with Crippen molar-refractivity contribution in [2.75, 3.05) is 5.32 Å². The number of rotatable bonds is 4. The van der Waals surface area contributed by atoms with E-state index < -0.39 is 6.09 Å².